The van der Waals surface area contributed by atoms with Gasteiger partial charge in [-0.3, -0.25) is 0 Å². The largest absolute Gasteiger partial charge is 0.493 e. The number of carboxylic acid groups (broad SMARTS) is 1. The van der Waals surface area contributed by atoms with E-state index in [1.807, 2.05) is 18.2 Å². The summed E-state index contributed by atoms with van der Waals surface area (Å²) >= 11 is 12.4. The number of carboxylic acids is 1. The van der Waals surface area contributed by atoms with Crippen LogP contribution in [0.3, 0.4) is 0 Å². The summed E-state index contributed by atoms with van der Waals surface area (Å²) in [6.45, 7) is 0. The predicted octanol–water partition coefficient (Wildman–Crippen LogP) is 5.96. The molecule has 36 heavy (non-hydrogen) atoms. The predicted molar refractivity (Wildman–Crippen MR) is 135 cm³/mol. The number of ether oxygens (including phenoxy) is 4. The third-order valence-electron chi connectivity index (χ3n) is 6.31. The zero-order valence-electron chi connectivity index (χ0n) is 19.6. The number of fused-ring (bicyclic) bond motifs is 3. The van der Waals surface area contributed by atoms with Gasteiger partial charge in [0.25, 0.3) is 0 Å². The number of benzene rings is 3. The molecule has 0 unspecified atom stereocenters. The molecule has 3 aromatic carbocycles. The summed E-state index contributed by atoms with van der Waals surface area (Å²) in [5.74, 6) is 0.284. The molecule has 0 bridgehead atoms. The van der Waals surface area contributed by atoms with Crippen molar-refractivity contribution in [1.82, 2.24) is 5.01 Å². The van der Waals surface area contributed by atoms with Crippen molar-refractivity contribution in [1.29, 1.82) is 0 Å². The lowest BCUT2D eigenvalue weighted by Crippen LogP contribution is -2.35. The van der Waals surface area contributed by atoms with E-state index in [2.05, 4.69) is 0 Å². The Morgan fingerprint density at radius 2 is 1.78 bits per heavy atom. The van der Waals surface area contributed by atoms with Crippen molar-refractivity contribution in [3.05, 3.63) is 80.8 Å². The third kappa shape index (κ3) is 3.86. The van der Waals surface area contributed by atoms with Crippen LogP contribution in [-0.4, -0.2) is 43.1 Å². The van der Waals surface area contributed by atoms with Gasteiger partial charge < -0.3 is 24.1 Å². The Balaban J connectivity index is 1.70. The quantitative estimate of drug-likeness (QED) is 0.422. The first-order chi connectivity index (χ1) is 17.4. The molecular formula is C26H22Cl2N2O6. The van der Waals surface area contributed by atoms with Crippen molar-refractivity contribution in [3.63, 3.8) is 0 Å². The van der Waals surface area contributed by atoms with Crippen LogP contribution < -0.4 is 18.9 Å². The molecule has 186 valence electrons. The maximum atomic E-state index is 12.4. The monoisotopic (exact) mass is 528 g/mol. The molecule has 8 nitrogen and oxygen atoms in total. The second-order valence-electron chi connectivity index (χ2n) is 8.19. The van der Waals surface area contributed by atoms with E-state index in [1.54, 1.807) is 42.5 Å². The molecule has 5 rings (SSSR count). The second kappa shape index (κ2) is 9.44. The van der Waals surface area contributed by atoms with Crippen molar-refractivity contribution in [2.75, 3.05) is 21.3 Å². The Labute approximate surface area is 217 Å². The van der Waals surface area contributed by atoms with Gasteiger partial charge in [0.15, 0.2) is 23.0 Å². The van der Waals surface area contributed by atoms with Crippen LogP contribution in [-0.2, 0) is 0 Å². The molecule has 0 fully saturated rings. The summed E-state index contributed by atoms with van der Waals surface area (Å²) in [7, 11) is 4.41. The number of para-hydroxylation sites is 1. The smallest absolute Gasteiger partial charge is 0.340 e. The molecule has 2 heterocycles. The van der Waals surface area contributed by atoms with Gasteiger partial charge in [-0.25, -0.2) is 9.80 Å². The second-order valence-corrected chi connectivity index (χ2v) is 9.01. The van der Waals surface area contributed by atoms with E-state index in [9.17, 15) is 9.90 Å². The van der Waals surface area contributed by atoms with Crippen LogP contribution >= 0.6 is 23.2 Å². The lowest BCUT2D eigenvalue weighted by Gasteiger charge is -2.39. The lowest BCUT2D eigenvalue weighted by molar-refractivity contribution is -0.0217. The Hall–Kier alpha value is -3.62. The fourth-order valence-electron chi connectivity index (χ4n) is 4.67. The van der Waals surface area contributed by atoms with E-state index < -0.39 is 12.2 Å². The highest BCUT2D eigenvalue weighted by molar-refractivity contribution is 6.42. The number of hydrogen-bond donors (Lipinski definition) is 1. The van der Waals surface area contributed by atoms with E-state index in [1.165, 1.54) is 14.2 Å². The van der Waals surface area contributed by atoms with Crippen LogP contribution in [0.4, 0.5) is 0 Å². The van der Waals surface area contributed by atoms with Gasteiger partial charge >= 0.3 is 5.97 Å². The molecule has 10 heteroatoms. The molecule has 0 spiro atoms. The van der Waals surface area contributed by atoms with Gasteiger partial charge in [0.1, 0.15) is 5.56 Å². The third-order valence-corrected chi connectivity index (χ3v) is 7.05. The number of nitrogens with zero attached hydrogens (tertiary/aromatic N) is 2. The number of carbonyl (C=O) groups is 1. The molecular weight excluding hydrogens is 507 g/mol. The molecule has 0 aliphatic carbocycles. The van der Waals surface area contributed by atoms with Crippen LogP contribution in [0.1, 0.15) is 45.7 Å². The molecule has 3 aromatic rings. The highest BCUT2D eigenvalue weighted by Crippen LogP contribution is 2.52. The summed E-state index contributed by atoms with van der Waals surface area (Å²) in [4.78, 5) is 12.4. The van der Waals surface area contributed by atoms with Gasteiger partial charge in [0, 0.05) is 17.5 Å². The molecule has 2 atom stereocenters. The zero-order chi connectivity index (χ0) is 25.6. The number of hydrazone groups is 1. The summed E-state index contributed by atoms with van der Waals surface area (Å²) in [5.41, 5.74) is 2.74. The molecule has 2 aliphatic heterocycles. The minimum absolute atomic E-state index is 0.0721. The number of aromatic carboxylic acids is 1. The highest BCUT2D eigenvalue weighted by Gasteiger charge is 2.44. The minimum atomic E-state index is -1.18. The van der Waals surface area contributed by atoms with Gasteiger partial charge in [-0.2, -0.15) is 5.10 Å². The number of hydrogen-bond acceptors (Lipinski definition) is 7. The lowest BCUT2D eigenvalue weighted by atomic mass is 9.94. The van der Waals surface area contributed by atoms with Crippen molar-refractivity contribution in [2.24, 2.45) is 5.10 Å². The molecule has 2 aliphatic rings. The first kappa shape index (κ1) is 24.1. The van der Waals surface area contributed by atoms with Crippen molar-refractivity contribution in [2.45, 2.75) is 18.7 Å². The topological polar surface area (TPSA) is 89.8 Å². The summed E-state index contributed by atoms with van der Waals surface area (Å²) in [6, 6.07) is 14.0. The summed E-state index contributed by atoms with van der Waals surface area (Å²) < 4.78 is 22.8. The number of halogens is 2. The van der Waals surface area contributed by atoms with Crippen LogP contribution in [0.5, 0.6) is 23.0 Å². The number of methoxy groups -OCH3 is 3. The van der Waals surface area contributed by atoms with E-state index in [4.69, 9.17) is 47.3 Å². The SMILES string of the molecule is COc1cccc2c1O[C@@H](c1ccc(OC)c(OC)c1C(=O)O)N1N=C(c3ccc(Cl)c(Cl)c3)C[C@H]21. The maximum absolute atomic E-state index is 12.4. The molecule has 0 radical (unpaired) electrons. The average Bonchev–Trinajstić information content (AvgIpc) is 3.34. The highest BCUT2D eigenvalue weighted by atomic mass is 35.5. The average molecular weight is 529 g/mol. The van der Waals surface area contributed by atoms with Crippen LogP contribution in [0.2, 0.25) is 10.0 Å². The Bertz CT molecular complexity index is 1390. The van der Waals surface area contributed by atoms with Gasteiger partial charge in [0.2, 0.25) is 6.23 Å². The van der Waals surface area contributed by atoms with E-state index in [0.717, 1.165) is 16.8 Å². The van der Waals surface area contributed by atoms with Crippen LogP contribution in [0.25, 0.3) is 0 Å². The van der Waals surface area contributed by atoms with Gasteiger partial charge in [-0.05, 0) is 35.9 Å². The van der Waals surface area contributed by atoms with Gasteiger partial charge in [-0.15, -0.1) is 0 Å². The molecule has 1 N–H and O–H groups in total. The Kier molecular flexibility index (Phi) is 6.32. The fraction of sp³-hybridized carbons (Fsp3) is 0.231. The first-order valence-electron chi connectivity index (χ1n) is 11.0. The molecule has 0 saturated carbocycles. The van der Waals surface area contributed by atoms with Crippen LogP contribution in [0, 0.1) is 0 Å². The first-order valence-corrected chi connectivity index (χ1v) is 11.8. The molecule has 0 saturated heterocycles. The standard InChI is InChI=1S/C26H22Cl2N2O6/c1-33-20-6-4-5-14-19-12-18(13-7-9-16(27)17(28)11-13)29-30(19)25(36-23(14)20)15-8-10-21(34-2)24(35-3)22(15)26(31)32/h4-11,19,25H,12H2,1-3H3,(H,31,32)/t19-,25+/m1/s1. The van der Waals surface area contributed by atoms with Gasteiger partial charge in [-0.1, -0.05) is 41.4 Å². The Morgan fingerprint density at radius 1 is 1.00 bits per heavy atom. The molecule has 0 amide bonds. The van der Waals surface area contributed by atoms with E-state index in [-0.39, 0.29) is 17.4 Å². The summed E-state index contributed by atoms with van der Waals surface area (Å²) in [5, 5.41) is 17.7. The Morgan fingerprint density at radius 3 is 2.44 bits per heavy atom. The van der Waals surface area contributed by atoms with Crippen molar-refractivity contribution < 1.29 is 28.8 Å². The molecule has 0 aromatic heterocycles. The van der Waals surface area contributed by atoms with Gasteiger partial charge in [0.05, 0.1) is 43.1 Å². The number of rotatable bonds is 6. The normalized spacial score (nSPS) is 18.0. The van der Waals surface area contributed by atoms with Crippen molar-refractivity contribution >= 4 is 34.9 Å². The fourth-order valence-corrected chi connectivity index (χ4v) is 4.97. The zero-order valence-corrected chi connectivity index (χ0v) is 21.1. The summed E-state index contributed by atoms with van der Waals surface area (Å²) in [6.07, 6.45) is -0.349. The minimum Gasteiger partial charge on any atom is -0.493 e. The van der Waals surface area contributed by atoms with Crippen LogP contribution in [0.15, 0.2) is 53.6 Å². The van der Waals surface area contributed by atoms with Crippen molar-refractivity contribution in [3.8, 4) is 23.0 Å². The van der Waals surface area contributed by atoms with E-state index in [0.29, 0.717) is 39.3 Å². The maximum Gasteiger partial charge on any atom is 0.340 e. The van der Waals surface area contributed by atoms with E-state index >= 15 is 0 Å².